The summed E-state index contributed by atoms with van der Waals surface area (Å²) in [5, 5.41) is 10.2. The minimum absolute atomic E-state index is 0.0603. The summed E-state index contributed by atoms with van der Waals surface area (Å²) in [7, 11) is 0.0984. The topological polar surface area (TPSA) is 124 Å². The number of pyridine rings is 1. The van der Waals surface area contributed by atoms with E-state index in [2.05, 4.69) is 14.6 Å². The van der Waals surface area contributed by atoms with Crippen LogP contribution in [0.5, 0.6) is 5.75 Å². The van der Waals surface area contributed by atoms with Crippen LogP contribution in [0.1, 0.15) is 17.7 Å². The van der Waals surface area contributed by atoms with Crippen LogP contribution >= 0.6 is 0 Å². The van der Waals surface area contributed by atoms with Gasteiger partial charge in [0.1, 0.15) is 18.4 Å². The van der Waals surface area contributed by atoms with Gasteiger partial charge in [0.05, 0.1) is 10.4 Å². The molecule has 1 unspecified atom stereocenters. The van der Waals surface area contributed by atoms with Crippen molar-refractivity contribution in [3.63, 3.8) is 0 Å². The van der Waals surface area contributed by atoms with Crippen LogP contribution in [0, 0.1) is 12.8 Å². The number of hydrogen-bond acceptors (Lipinski definition) is 8. The number of hydroxylamine groups is 1. The van der Waals surface area contributed by atoms with E-state index in [0.717, 1.165) is 35.1 Å². The van der Waals surface area contributed by atoms with Crippen molar-refractivity contribution < 1.29 is 23.2 Å². The molecule has 1 aliphatic rings. The average Bonchev–Trinajstić information content (AvgIpc) is 3.34. The first-order valence-electron chi connectivity index (χ1n) is 12.6. The van der Waals surface area contributed by atoms with Crippen molar-refractivity contribution in [1.29, 1.82) is 0 Å². The molecule has 204 valence electrons. The first-order chi connectivity index (χ1) is 18.2. The van der Waals surface area contributed by atoms with Crippen molar-refractivity contribution in [3.05, 3.63) is 65.9 Å². The van der Waals surface area contributed by atoms with Gasteiger partial charge in [0, 0.05) is 36.3 Å². The van der Waals surface area contributed by atoms with Gasteiger partial charge in [-0.3, -0.25) is 19.9 Å². The molecule has 2 heterocycles. The first-order valence-corrected chi connectivity index (χ1v) is 14.0. The maximum absolute atomic E-state index is 13.0. The number of aryl methyl sites for hydroxylation is 1. The molecule has 0 saturated carbocycles. The third-order valence-electron chi connectivity index (χ3n) is 6.72. The number of para-hydroxylation sites is 1. The average molecular weight is 542 g/mol. The van der Waals surface area contributed by atoms with Gasteiger partial charge in [0.2, 0.25) is 10.0 Å². The van der Waals surface area contributed by atoms with Crippen LogP contribution in [0.15, 0.2) is 59.5 Å². The number of rotatable bonds is 11. The highest BCUT2D eigenvalue weighted by Crippen LogP contribution is 2.23. The summed E-state index contributed by atoms with van der Waals surface area (Å²) in [4.78, 5) is 20.9. The molecule has 2 atom stereocenters. The number of carbonyl (C=O) groups excluding carboxylic acids is 1. The lowest BCUT2D eigenvalue weighted by Gasteiger charge is -2.26. The molecule has 2 aromatic carbocycles. The van der Waals surface area contributed by atoms with Crippen LogP contribution in [0.4, 0.5) is 0 Å². The Morgan fingerprint density at radius 1 is 1.21 bits per heavy atom. The van der Waals surface area contributed by atoms with Crippen molar-refractivity contribution in [2.75, 3.05) is 40.3 Å². The van der Waals surface area contributed by atoms with Crippen molar-refractivity contribution >= 4 is 26.8 Å². The second kappa shape index (κ2) is 12.2. The smallest absolute Gasteiger partial charge is 0.262 e. The zero-order chi connectivity index (χ0) is 27.3. The molecule has 4 rings (SSSR count). The van der Waals surface area contributed by atoms with Crippen LogP contribution in [-0.2, 0) is 21.4 Å². The molecule has 10 nitrogen and oxygen atoms in total. The van der Waals surface area contributed by atoms with E-state index in [1.807, 2.05) is 56.3 Å². The molecule has 0 bridgehead atoms. The van der Waals surface area contributed by atoms with E-state index in [-0.39, 0.29) is 11.4 Å². The lowest BCUT2D eigenvalue weighted by atomic mass is 10.1. The summed E-state index contributed by atoms with van der Waals surface area (Å²) < 4.78 is 34.4. The van der Waals surface area contributed by atoms with Crippen LogP contribution in [0.3, 0.4) is 0 Å². The molecular formula is C27H35N5O5S. The molecule has 11 heteroatoms. The number of likely N-dealkylation sites (tertiary alicyclic amines) is 1. The molecule has 1 fully saturated rings. The van der Waals surface area contributed by atoms with Gasteiger partial charge in [0.25, 0.3) is 5.91 Å². The molecule has 0 spiro atoms. The molecule has 0 aliphatic carbocycles. The van der Waals surface area contributed by atoms with Gasteiger partial charge >= 0.3 is 0 Å². The molecule has 38 heavy (non-hydrogen) atoms. The molecule has 1 aromatic heterocycles. The number of fused-ring (bicyclic) bond motifs is 1. The predicted molar refractivity (Wildman–Crippen MR) is 144 cm³/mol. The minimum Gasteiger partial charge on any atom is -0.489 e. The number of carbonyl (C=O) groups is 1. The molecule has 1 amide bonds. The SMILES string of the molecule is Cc1cc(COc2ccc(S(=O)(=O)NC[C@@H](C(=O)NO)N3CCC(CN(C)C)C3)cc2)c2ccccc2n1. The largest absolute Gasteiger partial charge is 0.489 e. The van der Waals surface area contributed by atoms with Crippen molar-refractivity contribution in [2.24, 2.45) is 5.92 Å². The number of amides is 1. The number of sulfonamides is 1. The van der Waals surface area contributed by atoms with Gasteiger partial charge in [-0.05, 0) is 76.3 Å². The van der Waals surface area contributed by atoms with Crippen LogP contribution in [0.25, 0.3) is 10.9 Å². The summed E-state index contributed by atoms with van der Waals surface area (Å²) >= 11 is 0. The Hall–Kier alpha value is -3.09. The highest BCUT2D eigenvalue weighted by molar-refractivity contribution is 7.89. The standard InChI is InChI=1S/C27H35N5O5S/c1-19-14-21(24-6-4-5-7-25(24)29-19)18-37-22-8-10-23(11-9-22)38(35,36)28-15-26(27(33)30-34)32-13-12-20(17-32)16-31(2)3/h4-11,14,20,26,28,34H,12-13,15-18H2,1-3H3,(H,30,33)/t20?,26-/m0/s1. The van der Waals surface area contributed by atoms with E-state index in [9.17, 15) is 18.4 Å². The Kier molecular flexibility index (Phi) is 8.95. The highest BCUT2D eigenvalue weighted by Gasteiger charge is 2.33. The molecule has 1 aliphatic heterocycles. The van der Waals surface area contributed by atoms with Crippen molar-refractivity contribution in [2.45, 2.75) is 30.9 Å². The normalized spacial score (nSPS) is 17.1. The van der Waals surface area contributed by atoms with E-state index < -0.39 is 22.0 Å². The Balaban J connectivity index is 1.38. The Morgan fingerprint density at radius 2 is 1.95 bits per heavy atom. The van der Waals surface area contributed by atoms with Crippen molar-refractivity contribution in [1.82, 2.24) is 25.0 Å². The molecular weight excluding hydrogens is 506 g/mol. The fraction of sp³-hybridized carbons (Fsp3) is 0.407. The summed E-state index contributed by atoms with van der Waals surface area (Å²) in [6.07, 6.45) is 0.899. The quantitative estimate of drug-likeness (QED) is 0.249. The number of benzene rings is 2. The zero-order valence-electron chi connectivity index (χ0n) is 21.9. The van der Waals surface area contributed by atoms with E-state index in [4.69, 9.17) is 4.74 Å². The minimum atomic E-state index is -3.89. The van der Waals surface area contributed by atoms with Crippen LogP contribution < -0.4 is 14.9 Å². The number of nitrogens with one attached hydrogen (secondary N) is 2. The van der Waals surface area contributed by atoms with Gasteiger partial charge in [-0.2, -0.15) is 0 Å². The molecule has 0 radical (unpaired) electrons. The lowest BCUT2D eigenvalue weighted by molar-refractivity contribution is -0.134. The van der Waals surface area contributed by atoms with E-state index in [0.29, 0.717) is 31.4 Å². The number of aromatic nitrogens is 1. The van der Waals surface area contributed by atoms with Gasteiger partial charge in [-0.15, -0.1) is 0 Å². The van der Waals surface area contributed by atoms with E-state index in [1.54, 1.807) is 17.6 Å². The van der Waals surface area contributed by atoms with E-state index in [1.165, 1.54) is 12.1 Å². The second-order valence-electron chi connectivity index (χ2n) is 9.96. The second-order valence-corrected chi connectivity index (χ2v) is 11.7. The maximum Gasteiger partial charge on any atom is 0.262 e. The van der Waals surface area contributed by atoms with Gasteiger partial charge in [-0.1, -0.05) is 18.2 Å². The number of hydrogen-bond donors (Lipinski definition) is 3. The molecule has 3 N–H and O–H groups in total. The van der Waals surface area contributed by atoms with Crippen molar-refractivity contribution in [3.8, 4) is 5.75 Å². The van der Waals surface area contributed by atoms with Gasteiger partial charge in [0.15, 0.2) is 0 Å². The summed E-state index contributed by atoms with van der Waals surface area (Å²) in [5.74, 6) is 0.266. The maximum atomic E-state index is 13.0. The summed E-state index contributed by atoms with van der Waals surface area (Å²) in [6, 6.07) is 15.2. The summed E-state index contributed by atoms with van der Waals surface area (Å²) in [5.41, 5.74) is 4.46. The highest BCUT2D eigenvalue weighted by atomic mass is 32.2. The Labute approximate surface area is 223 Å². The van der Waals surface area contributed by atoms with E-state index >= 15 is 0 Å². The Morgan fingerprint density at radius 3 is 2.66 bits per heavy atom. The molecule has 1 saturated heterocycles. The third kappa shape index (κ3) is 6.86. The Bertz CT molecular complexity index is 1360. The lowest BCUT2D eigenvalue weighted by Crippen LogP contribution is -2.51. The van der Waals surface area contributed by atoms with Crippen LogP contribution in [-0.4, -0.2) is 80.6 Å². The summed E-state index contributed by atoms with van der Waals surface area (Å²) in [6.45, 7) is 4.27. The number of ether oxygens (including phenoxy) is 1. The fourth-order valence-corrected chi connectivity index (χ4v) is 5.97. The zero-order valence-corrected chi connectivity index (χ0v) is 22.7. The monoisotopic (exact) mass is 541 g/mol. The third-order valence-corrected chi connectivity index (χ3v) is 8.16. The van der Waals surface area contributed by atoms with Gasteiger partial charge in [-0.25, -0.2) is 18.6 Å². The number of nitrogens with zero attached hydrogens (tertiary/aromatic N) is 3. The first kappa shape index (κ1) is 27.9. The van der Waals surface area contributed by atoms with Crippen LogP contribution in [0.2, 0.25) is 0 Å². The van der Waals surface area contributed by atoms with Gasteiger partial charge < -0.3 is 9.64 Å². The fourth-order valence-electron chi connectivity index (χ4n) is 4.94. The molecule has 3 aromatic rings. The predicted octanol–water partition coefficient (Wildman–Crippen LogP) is 2.16.